The van der Waals surface area contributed by atoms with Gasteiger partial charge in [-0.3, -0.25) is 9.69 Å². The molecule has 38 heavy (non-hydrogen) atoms. The van der Waals surface area contributed by atoms with Crippen LogP contribution in [0.3, 0.4) is 0 Å². The van der Waals surface area contributed by atoms with Crippen molar-refractivity contribution >= 4 is 45.2 Å². The van der Waals surface area contributed by atoms with Crippen LogP contribution in [0.5, 0.6) is 0 Å². The third-order valence-electron chi connectivity index (χ3n) is 7.13. The molecule has 1 radical (unpaired) electrons. The summed E-state index contributed by atoms with van der Waals surface area (Å²) in [5.74, 6) is -0.222. The summed E-state index contributed by atoms with van der Waals surface area (Å²) in [6.07, 6.45) is 2.50. The highest BCUT2D eigenvalue weighted by Gasteiger charge is 2.50. The van der Waals surface area contributed by atoms with Crippen LogP contribution in [0.25, 0.3) is 10.4 Å². The largest absolute Gasteiger partial charge is 0.397 e. The minimum absolute atomic E-state index is 0.183. The second kappa shape index (κ2) is 10.7. The number of carbonyl (C=O) groups is 1. The van der Waals surface area contributed by atoms with Crippen molar-refractivity contribution < 1.29 is 27.2 Å². The van der Waals surface area contributed by atoms with Crippen molar-refractivity contribution in [3.8, 4) is 10.4 Å². The zero-order valence-corrected chi connectivity index (χ0v) is 23.5. The molecule has 3 aromatic rings. The first-order valence-electron chi connectivity index (χ1n) is 12.2. The number of nitrogens with one attached hydrogen (secondary N) is 1. The van der Waals surface area contributed by atoms with Gasteiger partial charge in [0.2, 0.25) is 9.46 Å². The number of nitrogens with two attached hydrogens (primary N) is 1. The molecule has 2 aliphatic heterocycles. The summed E-state index contributed by atoms with van der Waals surface area (Å²) in [7, 11) is -7.64. The number of piperidine rings is 1. The van der Waals surface area contributed by atoms with Crippen molar-refractivity contribution in [2.45, 2.75) is 19.4 Å². The van der Waals surface area contributed by atoms with Gasteiger partial charge in [-0.05, 0) is 72.8 Å². The fourth-order valence-corrected chi connectivity index (χ4v) is 8.18. The number of nitrogen functional groups attached to an aromatic ring is 1. The van der Waals surface area contributed by atoms with Crippen LogP contribution < -0.4 is 11.1 Å². The van der Waals surface area contributed by atoms with E-state index in [1.54, 1.807) is 17.4 Å². The Morgan fingerprint density at radius 1 is 1.13 bits per heavy atom. The van der Waals surface area contributed by atoms with Gasteiger partial charge in [-0.2, -0.15) is 0 Å². The maximum absolute atomic E-state index is 12.9. The fraction of sp³-hybridized carbons (Fsp3) is 0.346. The van der Waals surface area contributed by atoms with E-state index in [-0.39, 0.29) is 24.5 Å². The van der Waals surface area contributed by atoms with E-state index in [9.17, 15) is 18.1 Å². The molecular weight excluding hydrogens is 545 g/mol. The first kappa shape index (κ1) is 27.2. The molecule has 2 aliphatic rings. The number of anilines is 2. The van der Waals surface area contributed by atoms with E-state index in [0.717, 1.165) is 54.7 Å². The van der Waals surface area contributed by atoms with E-state index < -0.39 is 16.6 Å². The minimum Gasteiger partial charge on any atom is -0.397 e. The smallest absolute Gasteiger partial charge is 0.349 e. The highest BCUT2D eigenvalue weighted by molar-refractivity contribution is 8.51. The predicted octanol–water partition coefficient (Wildman–Crippen LogP) is 4.59. The number of carbonyl (C=O) groups excluding carboxylic acids is 1. The molecule has 2 fully saturated rings. The number of benzene rings is 2. The molecule has 9 nitrogen and oxygen atoms in total. The Bertz CT molecular complexity index is 1400. The van der Waals surface area contributed by atoms with Crippen molar-refractivity contribution in [2.75, 3.05) is 43.6 Å². The van der Waals surface area contributed by atoms with Crippen molar-refractivity contribution in [1.82, 2.24) is 4.90 Å². The summed E-state index contributed by atoms with van der Waals surface area (Å²) in [6.45, 7) is 2.69. The molecule has 1 aromatic heterocycles. The Morgan fingerprint density at radius 2 is 1.82 bits per heavy atom. The number of thiophene rings is 1. The van der Waals surface area contributed by atoms with Gasteiger partial charge < -0.3 is 25.0 Å². The first-order chi connectivity index (χ1) is 18.1. The lowest BCUT2D eigenvalue weighted by atomic mass is 9.80. The van der Waals surface area contributed by atoms with E-state index in [1.807, 2.05) is 53.9 Å². The van der Waals surface area contributed by atoms with E-state index in [0.29, 0.717) is 16.9 Å². The second-order valence-electron chi connectivity index (χ2n) is 9.95. The van der Waals surface area contributed by atoms with Gasteiger partial charge in [0.15, 0.2) is 0 Å². The molecule has 2 saturated heterocycles. The third kappa shape index (κ3) is 5.79. The van der Waals surface area contributed by atoms with Crippen LogP contribution in [0.4, 0.5) is 11.4 Å². The first-order valence-corrected chi connectivity index (χ1v) is 17.2. The topological polar surface area (TPSA) is 131 Å². The van der Waals surface area contributed by atoms with E-state index in [4.69, 9.17) is 14.8 Å². The summed E-state index contributed by atoms with van der Waals surface area (Å²) in [5.41, 5.74) is 9.56. The molecule has 2 aromatic carbocycles. The summed E-state index contributed by atoms with van der Waals surface area (Å²) in [4.78, 5) is 26.5. The van der Waals surface area contributed by atoms with Crippen LogP contribution >= 0.6 is 18.5 Å². The van der Waals surface area contributed by atoms with Gasteiger partial charge in [0.25, 0.3) is 5.91 Å². The van der Waals surface area contributed by atoms with Crippen LogP contribution in [-0.2, 0) is 25.0 Å². The molecule has 4 N–H and O–H groups in total. The van der Waals surface area contributed by atoms with Gasteiger partial charge >= 0.3 is 7.15 Å². The Kier molecular flexibility index (Phi) is 7.63. The fourth-order valence-electron chi connectivity index (χ4n) is 4.66. The van der Waals surface area contributed by atoms with Crippen LogP contribution in [0.1, 0.15) is 28.8 Å². The van der Waals surface area contributed by atoms with Gasteiger partial charge in [0.1, 0.15) is 0 Å². The molecule has 0 aliphatic carbocycles. The minimum atomic E-state index is -3.84. The molecule has 1 amide bonds. The number of rotatable bonds is 6. The SMILES string of the molecule is CS(=O)(=O)[P]1(O)OCC2(CCN(Cc3ccc(C(=O)Nc4cc(-c5cccs5)ccc4N)cc3)CC2)CO1. The van der Waals surface area contributed by atoms with E-state index >= 15 is 0 Å². The monoisotopic (exact) mass is 576 g/mol. The maximum Gasteiger partial charge on any atom is 0.349 e. The third-order valence-corrected chi connectivity index (χ3v) is 12.9. The summed E-state index contributed by atoms with van der Waals surface area (Å²) >= 11 is 1.63. The number of likely N-dealkylation sites (tertiary alicyclic amines) is 1. The molecule has 0 bridgehead atoms. The van der Waals surface area contributed by atoms with Crippen LogP contribution in [0, 0.1) is 5.41 Å². The highest BCUT2D eigenvalue weighted by Crippen LogP contribution is 2.66. The molecule has 0 unspecified atom stereocenters. The number of hydrogen-bond acceptors (Lipinski definition) is 9. The Balaban J connectivity index is 1.15. The zero-order valence-electron chi connectivity index (χ0n) is 21.0. The second-order valence-corrected chi connectivity index (χ2v) is 17.2. The highest BCUT2D eigenvalue weighted by atomic mass is 32.8. The maximum atomic E-state index is 12.9. The summed E-state index contributed by atoms with van der Waals surface area (Å²) in [5, 5.41) is 4.94. The zero-order chi connectivity index (χ0) is 27.0. The van der Waals surface area contributed by atoms with E-state index in [1.165, 1.54) is 0 Å². The quantitative estimate of drug-likeness (QED) is 0.287. The molecular formula is C26H31N3O6PS2. The normalized spacial score (nSPS) is 19.3. The van der Waals surface area contributed by atoms with Gasteiger partial charge in [-0.1, -0.05) is 24.3 Å². The van der Waals surface area contributed by atoms with E-state index in [2.05, 4.69) is 10.2 Å². The molecule has 5 rings (SSSR count). The number of hydrogen-bond donors (Lipinski definition) is 3. The lowest BCUT2D eigenvalue weighted by Crippen LogP contribution is -2.47. The molecule has 12 heteroatoms. The van der Waals surface area contributed by atoms with Crippen LogP contribution in [0.15, 0.2) is 60.0 Å². The lowest BCUT2D eigenvalue weighted by Gasteiger charge is -2.46. The lowest BCUT2D eigenvalue weighted by molar-refractivity contribution is -0.0312. The van der Waals surface area contributed by atoms with Gasteiger partial charge in [-0.15, -0.1) is 11.3 Å². The van der Waals surface area contributed by atoms with Crippen molar-refractivity contribution in [3.05, 3.63) is 71.1 Å². The molecule has 0 saturated carbocycles. The van der Waals surface area contributed by atoms with Crippen molar-refractivity contribution in [2.24, 2.45) is 5.41 Å². The molecule has 0 atom stereocenters. The average Bonchev–Trinajstić information content (AvgIpc) is 3.44. The standard InChI is InChI=1S/C26H31N3O6PS2/c1-38(32,33)36(31)34-17-26(18-35-36)10-12-29(13-11-26)16-19-4-6-20(7-5-19)25(30)28-23-15-21(8-9-22(23)27)24-3-2-14-37-24/h2-9,14-15,31H,10-13,16-18,27H2,1H3,(H,28,30). The predicted molar refractivity (Wildman–Crippen MR) is 151 cm³/mol. The van der Waals surface area contributed by atoms with Crippen LogP contribution in [-0.4, -0.2) is 56.7 Å². The average molecular weight is 577 g/mol. The number of amides is 1. The van der Waals surface area contributed by atoms with Crippen molar-refractivity contribution in [3.63, 3.8) is 0 Å². The van der Waals surface area contributed by atoms with Crippen LogP contribution in [0.2, 0.25) is 0 Å². The summed E-state index contributed by atoms with van der Waals surface area (Å²) < 4.78 is 34.3. The Labute approximate surface area is 226 Å². The molecule has 3 heterocycles. The molecule has 1 spiro atoms. The summed E-state index contributed by atoms with van der Waals surface area (Å²) in [6, 6.07) is 17.2. The van der Waals surface area contributed by atoms with Gasteiger partial charge in [-0.25, -0.2) is 8.42 Å². The van der Waals surface area contributed by atoms with Gasteiger partial charge in [0, 0.05) is 28.7 Å². The Hall–Kier alpha value is -2.37. The molecule has 203 valence electrons. The van der Waals surface area contributed by atoms with Gasteiger partial charge in [0.05, 0.1) is 24.6 Å². The van der Waals surface area contributed by atoms with Crippen molar-refractivity contribution in [1.29, 1.82) is 0 Å². The number of nitrogens with zero attached hydrogens (tertiary/aromatic N) is 1. The Morgan fingerprint density at radius 3 is 2.42 bits per heavy atom.